The second-order valence-corrected chi connectivity index (χ2v) is 3.21. The molecule has 0 aliphatic heterocycles. The average Bonchev–Trinajstić information content (AvgIpc) is 2.01. The van der Waals surface area contributed by atoms with E-state index >= 15 is 0 Å². The Labute approximate surface area is 83.5 Å². The van der Waals surface area contributed by atoms with E-state index in [1.807, 2.05) is 0 Å². The van der Waals surface area contributed by atoms with Gasteiger partial charge >= 0.3 is 0 Å². The van der Waals surface area contributed by atoms with Crippen molar-refractivity contribution in [2.75, 3.05) is 5.32 Å². The molecular formula is C8H7BrN2O2. The van der Waals surface area contributed by atoms with E-state index in [0.29, 0.717) is 16.6 Å². The highest BCUT2D eigenvalue weighted by Gasteiger charge is 2.00. The number of halogens is 1. The fourth-order valence-electron chi connectivity index (χ4n) is 0.853. The normalized spacial score (nSPS) is 9.38. The van der Waals surface area contributed by atoms with E-state index in [0.717, 1.165) is 0 Å². The van der Waals surface area contributed by atoms with Gasteiger partial charge in [0.2, 0.25) is 5.91 Å². The lowest BCUT2D eigenvalue weighted by atomic mass is 10.3. The highest BCUT2D eigenvalue weighted by atomic mass is 79.9. The summed E-state index contributed by atoms with van der Waals surface area (Å²) in [6.07, 6.45) is 0.621. The molecule has 0 saturated heterocycles. The van der Waals surface area contributed by atoms with E-state index in [4.69, 9.17) is 0 Å². The fraction of sp³-hybridized carbons (Fsp3) is 0.125. The zero-order chi connectivity index (χ0) is 9.84. The van der Waals surface area contributed by atoms with Crippen LogP contribution in [0.2, 0.25) is 0 Å². The molecule has 1 amide bonds. The number of rotatable bonds is 2. The summed E-state index contributed by atoms with van der Waals surface area (Å²) in [6.45, 7) is 1.40. The minimum atomic E-state index is -0.185. The van der Waals surface area contributed by atoms with E-state index in [1.165, 1.54) is 13.0 Å². The van der Waals surface area contributed by atoms with Gasteiger partial charge in [-0.25, -0.2) is 4.98 Å². The molecule has 1 aromatic heterocycles. The monoisotopic (exact) mass is 242 g/mol. The summed E-state index contributed by atoms with van der Waals surface area (Å²) in [7, 11) is 0. The number of nitrogens with zero attached hydrogens (tertiary/aromatic N) is 1. The molecule has 68 valence electrons. The molecule has 1 N–H and O–H groups in total. The van der Waals surface area contributed by atoms with Gasteiger partial charge in [0.1, 0.15) is 10.3 Å². The van der Waals surface area contributed by atoms with E-state index in [2.05, 4.69) is 26.2 Å². The summed E-state index contributed by atoms with van der Waals surface area (Å²) in [5.41, 5.74) is 0.828. The first-order valence-corrected chi connectivity index (χ1v) is 4.31. The molecule has 0 aromatic carbocycles. The Kier molecular flexibility index (Phi) is 3.13. The number of aldehydes is 1. The van der Waals surface area contributed by atoms with Gasteiger partial charge in [0.25, 0.3) is 0 Å². The Morgan fingerprint density at radius 2 is 2.31 bits per heavy atom. The van der Waals surface area contributed by atoms with Crippen LogP contribution in [0.3, 0.4) is 0 Å². The molecule has 0 radical (unpaired) electrons. The van der Waals surface area contributed by atoms with Gasteiger partial charge in [-0.3, -0.25) is 9.59 Å². The predicted molar refractivity (Wildman–Crippen MR) is 51.6 cm³/mol. The van der Waals surface area contributed by atoms with Crippen molar-refractivity contribution in [3.63, 3.8) is 0 Å². The first-order chi connectivity index (χ1) is 6.11. The summed E-state index contributed by atoms with van der Waals surface area (Å²) in [5, 5.41) is 2.55. The topological polar surface area (TPSA) is 59.1 Å². The van der Waals surface area contributed by atoms with Crippen LogP contribution in [0.25, 0.3) is 0 Å². The van der Waals surface area contributed by atoms with Crippen LogP contribution in [-0.4, -0.2) is 17.2 Å². The van der Waals surface area contributed by atoms with Crippen molar-refractivity contribution < 1.29 is 9.59 Å². The average molecular weight is 243 g/mol. The van der Waals surface area contributed by atoms with Crippen LogP contribution in [-0.2, 0) is 4.79 Å². The first-order valence-electron chi connectivity index (χ1n) is 3.52. The van der Waals surface area contributed by atoms with Gasteiger partial charge in [0.05, 0.1) is 0 Å². The molecule has 13 heavy (non-hydrogen) atoms. The van der Waals surface area contributed by atoms with Crippen molar-refractivity contribution in [2.45, 2.75) is 6.92 Å². The van der Waals surface area contributed by atoms with Crippen molar-refractivity contribution in [2.24, 2.45) is 0 Å². The largest absolute Gasteiger partial charge is 0.326 e. The minimum Gasteiger partial charge on any atom is -0.326 e. The molecule has 0 bridgehead atoms. The quantitative estimate of drug-likeness (QED) is 0.634. The Morgan fingerprint density at radius 3 is 2.85 bits per heavy atom. The first kappa shape index (κ1) is 9.85. The minimum absolute atomic E-state index is 0.185. The van der Waals surface area contributed by atoms with Gasteiger partial charge in [-0.2, -0.15) is 0 Å². The van der Waals surface area contributed by atoms with Gasteiger partial charge < -0.3 is 5.32 Å². The SMILES string of the molecule is CC(=O)Nc1cc(Br)nc(C=O)c1. The molecule has 0 fully saturated rings. The lowest BCUT2D eigenvalue weighted by Gasteiger charge is -2.02. The number of aromatic nitrogens is 1. The predicted octanol–water partition coefficient (Wildman–Crippen LogP) is 1.61. The van der Waals surface area contributed by atoms with Crippen LogP contribution in [0.15, 0.2) is 16.7 Å². The number of carbonyl (C=O) groups is 2. The number of hydrogen-bond donors (Lipinski definition) is 1. The summed E-state index contributed by atoms with van der Waals surface area (Å²) in [6, 6.07) is 3.12. The van der Waals surface area contributed by atoms with Crippen molar-refractivity contribution in [1.82, 2.24) is 4.98 Å². The van der Waals surface area contributed by atoms with Crippen LogP contribution < -0.4 is 5.32 Å². The zero-order valence-electron chi connectivity index (χ0n) is 6.87. The van der Waals surface area contributed by atoms with Crippen molar-refractivity contribution in [3.05, 3.63) is 22.4 Å². The number of amides is 1. The Morgan fingerprint density at radius 1 is 1.62 bits per heavy atom. The molecule has 0 saturated carbocycles. The van der Waals surface area contributed by atoms with Gasteiger partial charge in [-0.1, -0.05) is 0 Å². The maximum Gasteiger partial charge on any atom is 0.221 e. The Hall–Kier alpha value is -1.23. The fourth-order valence-corrected chi connectivity index (χ4v) is 1.30. The molecule has 5 heteroatoms. The number of hydrogen-bond acceptors (Lipinski definition) is 3. The Balaban J connectivity index is 3.01. The van der Waals surface area contributed by atoms with Crippen LogP contribution in [0, 0.1) is 0 Å². The molecule has 1 rings (SSSR count). The molecule has 1 aromatic rings. The second kappa shape index (κ2) is 4.13. The lowest BCUT2D eigenvalue weighted by Crippen LogP contribution is -2.06. The molecule has 0 spiro atoms. The lowest BCUT2D eigenvalue weighted by molar-refractivity contribution is -0.114. The molecule has 1 heterocycles. The summed E-state index contributed by atoms with van der Waals surface area (Å²) < 4.78 is 0.515. The summed E-state index contributed by atoms with van der Waals surface area (Å²) in [5.74, 6) is -0.185. The number of pyridine rings is 1. The van der Waals surface area contributed by atoms with Crippen molar-refractivity contribution >= 4 is 33.8 Å². The maximum atomic E-state index is 10.7. The highest BCUT2D eigenvalue weighted by Crippen LogP contribution is 2.14. The third-order valence-corrected chi connectivity index (χ3v) is 1.66. The summed E-state index contributed by atoms with van der Waals surface area (Å²) >= 11 is 3.12. The van der Waals surface area contributed by atoms with Gasteiger partial charge in [-0.05, 0) is 28.1 Å². The molecule has 0 unspecified atom stereocenters. The molecule has 0 aliphatic rings. The smallest absolute Gasteiger partial charge is 0.221 e. The highest BCUT2D eigenvalue weighted by molar-refractivity contribution is 9.10. The van der Waals surface area contributed by atoms with E-state index < -0.39 is 0 Å². The molecule has 4 nitrogen and oxygen atoms in total. The van der Waals surface area contributed by atoms with Crippen LogP contribution in [0.1, 0.15) is 17.4 Å². The van der Waals surface area contributed by atoms with E-state index in [-0.39, 0.29) is 11.6 Å². The Bertz CT molecular complexity index is 352. The molecule has 0 aliphatic carbocycles. The standard InChI is InChI=1S/C8H7BrN2O2/c1-5(13)10-6-2-7(4-12)11-8(9)3-6/h2-4H,1H3,(H,10,11,13). The number of nitrogens with one attached hydrogen (secondary N) is 1. The molecular weight excluding hydrogens is 236 g/mol. The van der Waals surface area contributed by atoms with E-state index in [1.54, 1.807) is 6.07 Å². The summed E-state index contributed by atoms with van der Waals surface area (Å²) in [4.78, 5) is 24.9. The van der Waals surface area contributed by atoms with Crippen LogP contribution >= 0.6 is 15.9 Å². The maximum absolute atomic E-state index is 10.7. The zero-order valence-corrected chi connectivity index (χ0v) is 8.46. The number of carbonyl (C=O) groups excluding carboxylic acids is 2. The second-order valence-electron chi connectivity index (χ2n) is 2.40. The molecule has 0 atom stereocenters. The van der Waals surface area contributed by atoms with Crippen molar-refractivity contribution in [3.8, 4) is 0 Å². The van der Waals surface area contributed by atoms with Crippen LogP contribution in [0.5, 0.6) is 0 Å². The third kappa shape index (κ3) is 2.95. The van der Waals surface area contributed by atoms with Gasteiger partial charge in [0.15, 0.2) is 6.29 Å². The van der Waals surface area contributed by atoms with Gasteiger partial charge in [-0.15, -0.1) is 0 Å². The van der Waals surface area contributed by atoms with E-state index in [9.17, 15) is 9.59 Å². The number of anilines is 1. The van der Waals surface area contributed by atoms with Crippen molar-refractivity contribution in [1.29, 1.82) is 0 Å². The van der Waals surface area contributed by atoms with Crippen LogP contribution in [0.4, 0.5) is 5.69 Å². The van der Waals surface area contributed by atoms with Gasteiger partial charge in [0, 0.05) is 12.6 Å². The third-order valence-electron chi connectivity index (χ3n) is 1.26.